The van der Waals surface area contributed by atoms with Crippen LogP contribution in [0, 0.1) is 11.3 Å². The molecule has 1 aromatic carbocycles. The third-order valence-electron chi connectivity index (χ3n) is 4.06. The minimum Gasteiger partial charge on any atom is -0.348 e. The van der Waals surface area contributed by atoms with Crippen molar-refractivity contribution in [2.45, 2.75) is 18.9 Å². The van der Waals surface area contributed by atoms with Crippen LogP contribution in [0.2, 0.25) is 0 Å². The number of nitrogens with zero attached hydrogens (tertiary/aromatic N) is 5. The van der Waals surface area contributed by atoms with Gasteiger partial charge in [-0.1, -0.05) is 12.6 Å². The van der Waals surface area contributed by atoms with E-state index >= 15 is 0 Å². The van der Waals surface area contributed by atoms with Crippen molar-refractivity contribution in [1.29, 1.82) is 5.26 Å². The number of likely N-dealkylation sites (tertiary alicyclic amines) is 1. The third kappa shape index (κ3) is 4.33. The molecule has 8 nitrogen and oxygen atoms in total. The van der Waals surface area contributed by atoms with E-state index < -0.39 is 0 Å². The molecule has 3 rings (SSSR count). The highest BCUT2D eigenvalue weighted by atomic mass is 16.2. The Balaban J connectivity index is 1.66. The Morgan fingerprint density at radius 3 is 3.15 bits per heavy atom. The summed E-state index contributed by atoms with van der Waals surface area (Å²) in [5, 5.41) is 23.3. The topological polar surface area (TPSA) is 107 Å². The molecule has 1 aliphatic heterocycles. The van der Waals surface area contributed by atoms with E-state index in [4.69, 9.17) is 5.26 Å². The van der Waals surface area contributed by atoms with Crippen LogP contribution in [0.5, 0.6) is 0 Å². The van der Waals surface area contributed by atoms with Crippen LogP contribution in [-0.2, 0) is 4.79 Å². The molecule has 2 N–H and O–H groups in total. The first kappa shape index (κ1) is 17.4. The zero-order valence-corrected chi connectivity index (χ0v) is 14.2. The molecular formula is C18H19N7O. The van der Waals surface area contributed by atoms with Crippen molar-refractivity contribution in [3.8, 4) is 6.07 Å². The van der Waals surface area contributed by atoms with Crippen LogP contribution < -0.4 is 10.6 Å². The molecule has 1 saturated heterocycles. The molecule has 132 valence electrons. The van der Waals surface area contributed by atoms with Crippen LogP contribution in [0.15, 0.2) is 43.1 Å². The molecule has 26 heavy (non-hydrogen) atoms. The van der Waals surface area contributed by atoms with Gasteiger partial charge in [0.05, 0.1) is 17.8 Å². The van der Waals surface area contributed by atoms with E-state index in [1.807, 2.05) is 6.07 Å². The summed E-state index contributed by atoms with van der Waals surface area (Å²) < 4.78 is 0. The van der Waals surface area contributed by atoms with Crippen molar-refractivity contribution >= 4 is 23.4 Å². The average molecular weight is 349 g/mol. The van der Waals surface area contributed by atoms with Crippen molar-refractivity contribution in [1.82, 2.24) is 20.1 Å². The maximum Gasteiger partial charge on any atom is 0.246 e. The number of carbonyl (C=O) groups is 1. The van der Waals surface area contributed by atoms with E-state index in [-0.39, 0.29) is 11.9 Å². The maximum absolute atomic E-state index is 11.8. The number of piperidine rings is 1. The van der Waals surface area contributed by atoms with Gasteiger partial charge in [-0.25, -0.2) is 0 Å². The highest BCUT2D eigenvalue weighted by Crippen LogP contribution is 2.17. The molecule has 2 aromatic rings. The number of amides is 1. The molecule has 1 atom stereocenters. The SMILES string of the molecule is C=CC(=O)N1CCCC(Nc2nncc(Nc3cccc(C#N)c3)n2)C1. The van der Waals surface area contributed by atoms with Gasteiger partial charge in [0.25, 0.3) is 0 Å². The lowest BCUT2D eigenvalue weighted by Crippen LogP contribution is -2.44. The average Bonchev–Trinajstić information content (AvgIpc) is 2.68. The number of nitrogens with one attached hydrogen (secondary N) is 2. The number of hydrogen-bond donors (Lipinski definition) is 2. The number of carbonyl (C=O) groups excluding carboxylic acids is 1. The molecule has 1 fully saturated rings. The molecule has 0 saturated carbocycles. The summed E-state index contributed by atoms with van der Waals surface area (Å²) in [5.74, 6) is 0.847. The molecule has 0 bridgehead atoms. The number of hydrogen-bond acceptors (Lipinski definition) is 7. The standard InChI is InChI=1S/C18H19N7O/c1-2-17(26)25-8-4-7-15(12-25)22-18-23-16(11-20-24-18)21-14-6-3-5-13(9-14)10-19/h2-3,5-6,9,11,15H,1,4,7-8,12H2,(H2,21,22,23,24). The molecule has 1 aromatic heterocycles. The number of anilines is 3. The van der Waals surface area contributed by atoms with Crippen LogP contribution >= 0.6 is 0 Å². The fourth-order valence-electron chi connectivity index (χ4n) is 2.85. The number of aromatic nitrogens is 3. The Kier molecular flexibility index (Phi) is 5.39. The summed E-state index contributed by atoms with van der Waals surface area (Å²) >= 11 is 0. The fourth-order valence-corrected chi connectivity index (χ4v) is 2.85. The van der Waals surface area contributed by atoms with Crippen LogP contribution in [0.3, 0.4) is 0 Å². The molecule has 0 aliphatic carbocycles. The van der Waals surface area contributed by atoms with Crippen molar-refractivity contribution < 1.29 is 4.79 Å². The van der Waals surface area contributed by atoms with Gasteiger partial charge in [0.1, 0.15) is 0 Å². The second-order valence-electron chi connectivity index (χ2n) is 5.95. The Morgan fingerprint density at radius 2 is 2.35 bits per heavy atom. The molecule has 2 heterocycles. The van der Waals surface area contributed by atoms with Crippen LogP contribution in [-0.4, -0.2) is 45.1 Å². The molecule has 0 spiro atoms. The molecule has 8 heteroatoms. The van der Waals surface area contributed by atoms with Crippen LogP contribution in [0.25, 0.3) is 0 Å². The lowest BCUT2D eigenvalue weighted by molar-refractivity contribution is -0.127. The second-order valence-corrected chi connectivity index (χ2v) is 5.95. The summed E-state index contributed by atoms with van der Waals surface area (Å²) in [5.41, 5.74) is 1.31. The fraction of sp³-hybridized carbons (Fsp3) is 0.278. The van der Waals surface area contributed by atoms with Crippen molar-refractivity contribution in [3.63, 3.8) is 0 Å². The molecule has 0 radical (unpaired) electrons. The Bertz CT molecular complexity index is 845. The van der Waals surface area contributed by atoms with Gasteiger partial charge >= 0.3 is 0 Å². The summed E-state index contributed by atoms with van der Waals surface area (Å²) in [6, 6.07) is 9.26. The maximum atomic E-state index is 11.8. The minimum absolute atomic E-state index is 0.0617. The van der Waals surface area contributed by atoms with Crippen LogP contribution in [0.4, 0.5) is 17.5 Å². The van der Waals surface area contributed by atoms with E-state index in [0.717, 1.165) is 25.1 Å². The molecule has 1 unspecified atom stereocenters. The smallest absolute Gasteiger partial charge is 0.246 e. The summed E-state index contributed by atoms with van der Waals surface area (Å²) in [4.78, 5) is 17.9. The molecule has 1 amide bonds. The third-order valence-corrected chi connectivity index (χ3v) is 4.06. The number of rotatable bonds is 5. The van der Waals surface area contributed by atoms with Crippen molar-refractivity contribution in [2.75, 3.05) is 23.7 Å². The monoisotopic (exact) mass is 349 g/mol. The number of benzene rings is 1. The highest BCUT2D eigenvalue weighted by molar-refractivity contribution is 5.87. The Hall–Kier alpha value is -3.47. The lowest BCUT2D eigenvalue weighted by Gasteiger charge is -2.32. The first-order valence-corrected chi connectivity index (χ1v) is 8.32. The predicted octanol–water partition coefficient (Wildman–Crippen LogP) is 2.08. The zero-order valence-electron chi connectivity index (χ0n) is 14.2. The largest absolute Gasteiger partial charge is 0.348 e. The van der Waals surface area contributed by atoms with E-state index in [0.29, 0.717) is 23.9 Å². The van der Waals surface area contributed by atoms with E-state index in [1.54, 1.807) is 23.1 Å². The summed E-state index contributed by atoms with van der Waals surface area (Å²) in [6.07, 6.45) is 4.68. The minimum atomic E-state index is -0.0664. The van der Waals surface area contributed by atoms with Gasteiger partial charge in [-0.05, 0) is 37.1 Å². The van der Waals surface area contributed by atoms with Gasteiger partial charge in [-0.2, -0.15) is 15.3 Å². The first-order chi connectivity index (χ1) is 12.7. The van der Waals surface area contributed by atoms with Gasteiger partial charge in [-0.15, -0.1) is 5.10 Å². The summed E-state index contributed by atoms with van der Waals surface area (Å²) in [7, 11) is 0. The second kappa shape index (κ2) is 8.07. The molecule has 1 aliphatic rings. The highest BCUT2D eigenvalue weighted by Gasteiger charge is 2.22. The predicted molar refractivity (Wildman–Crippen MR) is 97.7 cm³/mol. The van der Waals surface area contributed by atoms with Gasteiger partial charge in [-0.3, -0.25) is 4.79 Å². The number of nitriles is 1. The molecular weight excluding hydrogens is 330 g/mol. The first-order valence-electron chi connectivity index (χ1n) is 8.32. The Morgan fingerprint density at radius 1 is 1.46 bits per heavy atom. The zero-order chi connectivity index (χ0) is 18.4. The van der Waals surface area contributed by atoms with Gasteiger partial charge < -0.3 is 15.5 Å². The van der Waals surface area contributed by atoms with E-state index in [2.05, 4.69) is 38.5 Å². The quantitative estimate of drug-likeness (QED) is 0.796. The van der Waals surface area contributed by atoms with E-state index in [1.165, 1.54) is 12.3 Å². The van der Waals surface area contributed by atoms with E-state index in [9.17, 15) is 4.79 Å². The normalized spacial score (nSPS) is 16.4. The van der Waals surface area contributed by atoms with Gasteiger partial charge in [0.15, 0.2) is 5.82 Å². The van der Waals surface area contributed by atoms with Crippen molar-refractivity contribution in [2.24, 2.45) is 0 Å². The Labute approximate surface area is 151 Å². The summed E-state index contributed by atoms with van der Waals surface area (Å²) in [6.45, 7) is 4.85. The van der Waals surface area contributed by atoms with Gasteiger partial charge in [0, 0.05) is 24.8 Å². The van der Waals surface area contributed by atoms with Crippen molar-refractivity contribution in [3.05, 3.63) is 48.7 Å². The lowest BCUT2D eigenvalue weighted by atomic mass is 10.1. The van der Waals surface area contributed by atoms with Gasteiger partial charge in [0.2, 0.25) is 11.9 Å². The van der Waals surface area contributed by atoms with Crippen LogP contribution in [0.1, 0.15) is 18.4 Å².